The fourth-order valence-corrected chi connectivity index (χ4v) is 6.10. The Hall–Kier alpha value is -3.12. The summed E-state index contributed by atoms with van der Waals surface area (Å²) >= 11 is 18.7. The Balaban J connectivity index is 1.31. The lowest BCUT2D eigenvalue weighted by atomic mass is 9.96. The molecule has 3 aromatic carbocycles. The zero-order chi connectivity index (χ0) is 32.1. The van der Waals surface area contributed by atoms with Gasteiger partial charge in [0.1, 0.15) is 27.9 Å². The maximum absolute atomic E-state index is 15.2. The summed E-state index contributed by atoms with van der Waals surface area (Å²) < 4.78 is 86.1. The van der Waals surface area contributed by atoms with Crippen molar-refractivity contribution in [3.05, 3.63) is 98.8 Å². The number of amides is 1. The van der Waals surface area contributed by atoms with Crippen LogP contribution in [0.2, 0.25) is 5.02 Å². The van der Waals surface area contributed by atoms with Crippen molar-refractivity contribution in [2.75, 3.05) is 11.9 Å². The van der Waals surface area contributed by atoms with Crippen LogP contribution in [0.5, 0.6) is 0 Å². The number of carbonyl (C=O) groups excluding carboxylic acids is 3. The van der Waals surface area contributed by atoms with Crippen LogP contribution in [0.25, 0.3) is 0 Å². The molecule has 0 radical (unpaired) electrons. The molecule has 1 N–H and O–H groups in total. The summed E-state index contributed by atoms with van der Waals surface area (Å²) in [6, 6.07) is 8.04. The highest BCUT2D eigenvalue weighted by molar-refractivity contribution is 6.53. The molecule has 0 spiro atoms. The van der Waals surface area contributed by atoms with E-state index in [-0.39, 0.29) is 27.4 Å². The van der Waals surface area contributed by atoms with Gasteiger partial charge in [-0.15, -0.1) is 23.2 Å². The second-order valence-electron chi connectivity index (χ2n) is 10.4. The van der Waals surface area contributed by atoms with Crippen LogP contribution in [0.4, 0.5) is 32.0 Å². The lowest BCUT2D eigenvalue weighted by Gasteiger charge is -2.25. The normalized spacial score (nSPS) is 20.5. The first-order chi connectivity index (χ1) is 20.6. The van der Waals surface area contributed by atoms with Crippen LogP contribution < -0.4 is 5.32 Å². The second kappa shape index (κ2) is 12.0. The van der Waals surface area contributed by atoms with Gasteiger partial charge in [0.25, 0.3) is 0 Å². The van der Waals surface area contributed by atoms with Gasteiger partial charge in [-0.3, -0.25) is 14.4 Å². The van der Waals surface area contributed by atoms with Crippen LogP contribution in [-0.4, -0.2) is 34.5 Å². The van der Waals surface area contributed by atoms with Gasteiger partial charge in [-0.05, 0) is 47.5 Å². The van der Waals surface area contributed by atoms with Gasteiger partial charge in [-0.1, -0.05) is 23.7 Å². The number of carbonyl (C=O) groups is 3. The van der Waals surface area contributed by atoms with Crippen LogP contribution in [0.3, 0.4) is 0 Å². The van der Waals surface area contributed by atoms with Crippen molar-refractivity contribution in [1.29, 1.82) is 0 Å². The average molecular weight is 679 g/mol. The third-order valence-corrected chi connectivity index (χ3v) is 8.82. The van der Waals surface area contributed by atoms with E-state index in [1.807, 2.05) is 0 Å². The van der Waals surface area contributed by atoms with Crippen molar-refractivity contribution in [3.8, 4) is 0 Å². The minimum Gasteiger partial charge on any atom is -0.370 e. The zero-order valence-electron chi connectivity index (χ0n) is 22.2. The van der Waals surface area contributed by atoms with Crippen molar-refractivity contribution in [3.63, 3.8) is 0 Å². The Labute approximate surface area is 261 Å². The van der Waals surface area contributed by atoms with Gasteiger partial charge in [0, 0.05) is 42.0 Å². The van der Waals surface area contributed by atoms with Crippen LogP contribution in [0.1, 0.15) is 45.0 Å². The molecule has 0 bridgehead atoms. The summed E-state index contributed by atoms with van der Waals surface area (Å²) in [7, 11) is 0. The van der Waals surface area contributed by atoms with E-state index in [1.54, 1.807) is 0 Å². The molecule has 1 aliphatic heterocycles. The molecule has 2 aliphatic rings. The van der Waals surface area contributed by atoms with Gasteiger partial charge in [-0.2, -0.15) is 13.2 Å². The number of benzene rings is 3. The number of halogens is 9. The number of hydrogen-bond acceptors (Lipinski definition) is 4. The van der Waals surface area contributed by atoms with Crippen LogP contribution >= 0.6 is 34.8 Å². The molecule has 2 fully saturated rings. The van der Waals surface area contributed by atoms with Gasteiger partial charge < -0.3 is 10.1 Å². The smallest absolute Gasteiger partial charge is 0.370 e. The number of hydrogen-bond donors (Lipinski definition) is 1. The van der Waals surface area contributed by atoms with Gasteiger partial charge in [0.05, 0.1) is 23.1 Å². The molecule has 3 aromatic rings. The summed E-state index contributed by atoms with van der Waals surface area (Å²) in [5.41, 5.74) is -2.40. The van der Waals surface area contributed by atoms with E-state index in [0.29, 0.717) is 25.2 Å². The molecule has 5 nitrogen and oxygen atoms in total. The molecule has 1 saturated heterocycles. The fourth-order valence-electron chi connectivity index (χ4n) is 5.05. The van der Waals surface area contributed by atoms with Crippen LogP contribution in [-0.2, 0) is 33.3 Å². The number of nitrogens with one attached hydrogen (secondary N) is 1. The van der Waals surface area contributed by atoms with Crippen molar-refractivity contribution in [2.45, 2.75) is 41.8 Å². The van der Waals surface area contributed by atoms with E-state index in [9.17, 15) is 36.3 Å². The molecule has 14 heteroatoms. The number of alkyl halides is 5. The standard InChI is InChI=1S/C30H20Cl3F6NO4/c31-19-4-3-15(40-28(43)26-25(29(26,32)33)13-1-6-21(35)18(9-13)30(37,38)39)11-16(19)22(41)10-14-2-5-20(34)17(27(14)36)12-23(42)24-7-8-44-24/h1-6,9,11,24-26H,7-8,10,12H2,(H,40,43)/t24?,25-,26+/m0/s1. The lowest BCUT2D eigenvalue weighted by molar-refractivity contribution is -0.142. The molecule has 1 amide bonds. The summed E-state index contributed by atoms with van der Waals surface area (Å²) in [5, 5.41) is 2.44. The summed E-state index contributed by atoms with van der Waals surface area (Å²) in [6.07, 6.45) is -6.37. The topological polar surface area (TPSA) is 72.5 Å². The van der Waals surface area contributed by atoms with Crippen LogP contribution in [0, 0.1) is 23.4 Å². The minimum atomic E-state index is -4.99. The maximum Gasteiger partial charge on any atom is 0.419 e. The second-order valence-corrected chi connectivity index (χ2v) is 12.3. The SMILES string of the molecule is O=C(Cc1ccc(F)c(CC(=O)C2CCO2)c1F)c1cc(NC(=O)[C@H]2[C@H](c3ccc(F)c(C(F)(F)F)c3)C2(Cl)Cl)ccc1Cl. The summed E-state index contributed by atoms with van der Waals surface area (Å²) in [4.78, 5) is 38.4. The van der Waals surface area contributed by atoms with E-state index < -0.39 is 87.3 Å². The van der Waals surface area contributed by atoms with Gasteiger partial charge in [-0.25, -0.2) is 13.2 Å². The first-order valence-electron chi connectivity index (χ1n) is 13.1. The highest BCUT2D eigenvalue weighted by Crippen LogP contribution is 2.65. The van der Waals surface area contributed by atoms with E-state index >= 15 is 4.39 Å². The molecule has 44 heavy (non-hydrogen) atoms. The molecule has 1 unspecified atom stereocenters. The Bertz CT molecular complexity index is 1680. The van der Waals surface area contributed by atoms with E-state index in [4.69, 9.17) is 39.5 Å². The monoisotopic (exact) mass is 677 g/mol. The highest BCUT2D eigenvalue weighted by atomic mass is 35.5. The van der Waals surface area contributed by atoms with Gasteiger partial charge in [0.15, 0.2) is 11.6 Å². The number of ether oxygens (including phenoxy) is 1. The Morgan fingerprint density at radius 2 is 1.64 bits per heavy atom. The summed E-state index contributed by atoms with van der Waals surface area (Å²) in [5.74, 6) is -7.81. The number of anilines is 1. The lowest BCUT2D eigenvalue weighted by Crippen LogP contribution is -2.36. The fraction of sp³-hybridized carbons (Fsp3) is 0.300. The largest absolute Gasteiger partial charge is 0.419 e. The molecule has 232 valence electrons. The maximum atomic E-state index is 15.2. The molecule has 3 atom stereocenters. The first-order valence-corrected chi connectivity index (χ1v) is 14.2. The Morgan fingerprint density at radius 3 is 2.27 bits per heavy atom. The quantitative estimate of drug-likeness (QED) is 0.144. The Morgan fingerprint density at radius 1 is 0.955 bits per heavy atom. The summed E-state index contributed by atoms with van der Waals surface area (Å²) in [6.45, 7) is 0.382. The van der Waals surface area contributed by atoms with E-state index in [0.717, 1.165) is 18.2 Å². The molecule has 1 heterocycles. The predicted octanol–water partition coefficient (Wildman–Crippen LogP) is 7.63. The van der Waals surface area contributed by atoms with E-state index in [2.05, 4.69) is 5.32 Å². The molecule has 1 aliphatic carbocycles. The van der Waals surface area contributed by atoms with Crippen molar-refractivity contribution in [2.24, 2.45) is 5.92 Å². The zero-order valence-corrected chi connectivity index (χ0v) is 24.5. The first kappa shape index (κ1) is 32.3. The minimum absolute atomic E-state index is 0.0407. The van der Waals surface area contributed by atoms with Crippen molar-refractivity contribution < 1.29 is 45.5 Å². The number of rotatable bonds is 9. The number of Topliss-reactive ketones (excluding diaryl/α,β-unsaturated/α-hetero) is 2. The molecule has 5 rings (SSSR count). The van der Waals surface area contributed by atoms with Crippen molar-refractivity contribution in [1.82, 2.24) is 0 Å². The van der Waals surface area contributed by atoms with Gasteiger partial charge >= 0.3 is 6.18 Å². The van der Waals surface area contributed by atoms with Crippen LogP contribution in [0.15, 0.2) is 48.5 Å². The van der Waals surface area contributed by atoms with Crippen molar-refractivity contribution >= 4 is 58.0 Å². The average Bonchev–Trinajstić information content (AvgIpc) is 3.49. The third-order valence-electron chi connectivity index (χ3n) is 7.55. The Kier molecular flexibility index (Phi) is 8.80. The predicted molar refractivity (Wildman–Crippen MR) is 150 cm³/mol. The molecule has 1 saturated carbocycles. The molecular formula is C30H20Cl3F6NO4. The van der Waals surface area contributed by atoms with E-state index in [1.165, 1.54) is 18.2 Å². The third kappa shape index (κ3) is 6.33. The molecule has 0 aromatic heterocycles. The highest BCUT2D eigenvalue weighted by Gasteiger charge is 2.67. The number of ketones is 2. The van der Waals surface area contributed by atoms with Gasteiger partial charge in [0.2, 0.25) is 5.91 Å². The molecular weight excluding hydrogens is 659 g/mol.